The van der Waals surface area contributed by atoms with E-state index in [0.717, 1.165) is 17.1 Å². The molecule has 4 N–H and O–H groups in total. The van der Waals surface area contributed by atoms with Gasteiger partial charge in [-0.3, -0.25) is 9.59 Å². The van der Waals surface area contributed by atoms with Gasteiger partial charge in [0.25, 0.3) is 0 Å². The molecule has 4 heterocycles. The topological polar surface area (TPSA) is 137 Å². The van der Waals surface area contributed by atoms with Crippen molar-refractivity contribution >= 4 is 29.5 Å². The minimum atomic E-state index is -1.14. The lowest BCUT2D eigenvalue weighted by atomic mass is 9.79. The number of hydrogen-bond acceptors (Lipinski definition) is 8. The first-order valence-electron chi connectivity index (χ1n) is 12.3. The number of carbonyl (C=O) groups is 3. The molecule has 4 unspecified atom stereocenters. The van der Waals surface area contributed by atoms with E-state index < -0.39 is 18.0 Å². The lowest BCUT2D eigenvalue weighted by Gasteiger charge is -2.46. The molecule has 1 aromatic carbocycles. The zero-order chi connectivity index (χ0) is 25.6. The summed E-state index contributed by atoms with van der Waals surface area (Å²) in [6.07, 6.45) is 0.390. The van der Waals surface area contributed by atoms with Crippen molar-refractivity contribution < 1.29 is 34.1 Å². The average molecular weight is 518 g/mol. The number of thioether (sulfide) groups is 1. The smallest absolute Gasteiger partial charge is 0.353 e. The number of nitrogens with zero attached hydrogens (tertiary/aromatic N) is 1. The molecule has 2 amide bonds. The number of aliphatic carboxylic acids is 1. The van der Waals surface area contributed by atoms with Gasteiger partial charge >= 0.3 is 5.97 Å². The Kier molecular flexibility index (Phi) is 6.88. The van der Waals surface area contributed by atoms with E-state index in [0.29, 0.717) is 44.1 Å². The fourth-order valence-corrected chi connectivity index (χ4v) is 7.03. The molecule has 10 nitrogen and oxygen atoms in total. The Hall–Kier alpha value is -2.76. The van der Waals surface area contributed by atoms with E-state index in [-0.39, 0.29) is 40.8 Å². The van der Waals surface area contributed by atoms with Gasteiger partial charge in [0.1, 0.15) is 18.9 Å². The standard InChI is InChI=1S/C25H31N3O7S/c1-12-20-19(13(2)29)24(31)28(20)21(25(32)33)22(12)36-15-10-16(27-11-15)23(30)26-6-5-14-3-4-17-18(9-14)35-8-7-34-17/h3-4,9,12-13,15-16,19-20,27,29H,5-8,10-11H2,1-2H3,(H,26,30)(H,32,33)/t12-,13?,15?,16?,19-,20?/m1/s1. The second-order valence-electron chi connectivity index (χ2n) is 9.73. The van der Waals surface area contributed by atoms with Gasteiger partial charge in [0.15, 0.2) is 11.5 Å². The van der Waals surface area contributed by atoms with Crippen LogP contribution < -0.4 is 20.1 Å². The highest BCUT2D eigenvalue weighted by molar-refractivity contribution is 8.03. The van der Waals surface area contributed by atoms with Crippen LogP contribution in [0.3, 0.4) is 0 Å². The summed E-state index contributed by atoms with van der Waals surface area (Å²) in [5.74, 6) is -0.862. The fourth-order valence-electron chi connectivity index (χ4n) is 5.55. The minimum absolute atomic E-state index is 0.00384. The highest BCUT2D eigenvalue weighted by Crippen LogP contribution is 2.51. The Morgan fingerprint density at radius 2 is 2.03 bits per heavy atom. The molecule has 5 rings (SSSR count). The maximum Gasteiger partial charge on any atom is 0.353 e. The lowest BCUT2D eigenvalue weighted by molar-refractivity contribution is -0.163. The van der Waals surface area contributed by atoms with E-state index in [4.69, 9.17) is 9.47 Å². The first-order chi connectivity index (χ1) is 17.3. The molecule has 1 aromatic rings. The molecular weight excluding hydrogens is 486 g/mol. The number of aliphatic hydroxyl groups is 1. The molecule has 11 heteroatoms. The van der Waals surface area contributed by atoms with Crippen molar-refractivity contribution in [2.75, 3.05) is 26.3 Å². The van der Waals surface area contributed by atoms with E-state index in [9.17, 15) is 24.6 Å². The lowest BCUT2D eigenvalue weighted by Crippen LogP contribution is -2.63. The quantitative estimate of drug-likeness (QED) is 0.368. The molecule has 36 heavy (non-hydrogen) atoms. The van der Waals surface area contributed by atoms with Gasteiger partial charge in [-0.15, -0.1) is 11.8 Å². The third kappa shape index (κ3) is 4.44. The number of fused-ring (bicyclic) bond motifs is 2. The van der Waals surface area contributed by atoms with Gasteiger partial charge in [-0.1, -0.05) is 13.0 Å². The van der Waals surface area contributed by atoms with Crippen molar-refractivity contribution in [1.82, 2.24) is 15.5 Å². The van der Waals surface area contributed by atoms with E-state index >= 15 is 0 Å². The Morgan fingerprint density at radius 3 is 2.75 bits per heavy atom. The van der Waals surface area contributed by atoms with Crippen LogP contribution in [0, 0.1) is 11.8 Å². The molecule has 194 valence electrons. The Bertz CT molecular complexity index is 1110. The monoisotopic (exact) mass is 517 g/mol. The second kappa shape index (κ2) is 9.95. The number of benzene rings is 1. The van der Waals surface area contributed by atoms with Crippen molar-refractivity contribution in [2.45, 2.75) is 50.1 Å². The summed E-state index contributed by atoms with van der Waals surface area (Å²) < 4.78 is 11.1. The van der Waals surface area contributed by atoms with Gasteiger partial charge in [0, 0.05) is 29.2 Å². The van der Waals surface area contributed by atoms with E-state index in [1.54, 1.807) is 6.92 Å². The van der Waals surface area contributed by atoms with Gasteiger partial charge in [-0.2, -0.15) is 0 Å². The normalized spacial score (nSPS) is 29.6. The molecule has 0 aliphatic carbocycles. The largest absolute Gasteiger partial charge is 0.486 e. The summed E-state index contributed by atoms with van der Waals surface area (Å²) in [5.41, 5.74) is 1.07. The molecule has 2 saturated heterocycles. The summed E-state index contributed by atoms with van der Waals surface area (Å²) in [6, 6.07) is 5.09. The van der Waals surface area contributed by atoms with Crippen molar-refractivity contribution in [2.24, 2.45) is 11.8 Å². The number of rotatable bonds is 8. The zero-order valence-corrected chi connectivity index (χ0v) is 21.0. The van der Waals surface area contributed by atoms with Crippen LogP contribution in [0.4, 0.5) is 0 Å². The summed E-state index contributed by atoms with van der Waals surface area (Å²) >= 11 is 1.43. The maximum atomic E-state index is 12.7. The predicted octanol–water partition coefficient (Wildman–Crippen LogP) is 0.734. The highest BCUT2D eigenvalue weighted by atomic mass is 32.2. The van der Waals surface area contributed by atoms with Crippen molar-refractivity contribution in [1.29, 1.82) is 0 Å². The van der Waals surface area contributed by atoms with Crippen LogP contribution in [-0.4, -0.2) is 82.6 Å². The van der Waals surface area contributed by atoms with Crippen molar-refractivity contribution in [3.63, 3.8) is 0 Å². The van der Waals surface area contributed by atoms with Gasteiger partial charge in [0.2, 0.25) is 11.8 Å². The summed E-state index contributed by atoms with van der Waals surface area (Å²) in [7, 11) is 0. The van der Waals surface area contributed by atoms with Gasteiger partial charge in [0.05, 0.1) is 24.1 Å². The van der Waals surface area contributed by atoms with Crippen LogP contribution in [0.2, 0.25) is 0 Å². The second-order valence-corrected chi connectivity index (χ2v) is 11.1. The fraction of sp³-hybridized carbons (Fsp3) is 0.560. The molecule has 0 bridgehead atoms. The first kappa shape index (κ1) is 24.9. The molecule has 0 aromatic heterocycles. The predicted molar refractivity (Wildman–Crippen MR) is 132 cm³/mol. The van der Waals surface area contributed by atoms with Gasteiger partial charge in [-0.05, 0) is 37.5 Å². The number of ether oxygens (including phenoxy) is 2. The average Bonchev–Trinajstić information content (AvgIpc) is 3.40. The molecule has 6 atom stereocenters. The van der Waals surface area contributed by atoms with Crippen molar-refractivity contribution in [3.05, 3.63) is 34.4 Å². The van der Waals surface area contributed by atoms with E-state index in [2.05, 4.69) is 10.6 Å². The molecule has 4 aliphatic rings. The van der Waals surface area contributed by atoms with Crippen LogP contribution in [0.5, 0.6) is 11.5 Å². The minimum Gasteiger partial charge on any atom is -0.486 e. The molecular formula is C25H31N3O7S. The zero-order valence-electron chi connectivity index (χ0n) is 20.2. The third-order valence-corrected chi connectivity index (χ3v) is 8.84. The number of carboxylic acid groups (broad SMARTS) is 1. The highest BCUT2D eigenvalue weighted by Gasteiger charge is 2.60. The van der Waals surface area contributed by atoms with Gasteiger partial charge < -0.3 is 35.2 Å². The summed E-state index contributed by atoms with van der Waals surface area (Å²) in [5, 5.41) is 26.1. The van der Waals surface area contributed by atoms with Gasteiger partial charge in [-0.25, -0.2) is 4.79 Å². The van der Waals surface area contributed by atoms with Crippen LogP contribution in [0.25, 0.3) is 0 Å². The number of carboxylic acids is 1. The van der Waals surface area contributed by atoms with Crippen LogP contribution in [-0.2, 0) is 20.8 Å². The summed E-state index contributed by atoms with van der Waals surface area (Å²) in [4.78, 5) is 39.3. The van der Waals surface area contributed by atoms with E-state index in [1.807, 2.05) is 25.1 Å². The van der Waals surface area contributed by atoms with Crippen LogP contribution in [0.15, 0.2) is 28.8 Å². The first-order valence-corrected chi connectivity index (χ1v) is 13.2. The molecule has 0 radical (unpaired) electrons. The van der Waals surface area contributed by atoms with Crippen molar-refractivity contribution in [3.8, 4) is 11.5 Å². The Labute approximate surface area is 213 Å². The number of hydrogen-bond donors (Lipinski definition) is 4. The molecule has 0 saturated carbocycles. The Morgan fingerprint density at radius 1 is 1.28 bits per heavy atom. The number of nitrogens with one attached hydrogen (secondary N) is 2. The third-order valence-electron chi connectivity index (χ3n) is 7.33. The number of β-lactam (4-membered cyclic amide) rings is 1. The SMILES string of the molecule is CC(O)[C@H]1C(=O)N2C(C(=O)O)=C(SC3CNC(C(=O)NCCc4ccc5c(c4)OCCO5)C3)[C@H](C)C12. The Balaban J connectivity index is 1.15. The number of aliphatic hydroxyl groups excluding tert-OH is 1. The van der Waals surface area contributed by atoms with Crippen LogP contribution in [0.1, 0.15) is 25.8 Å². The number of carbonyl (C=O) groups excluding carboxylic acids is 2. The molecule has 2 fully saturated rings. The molecule has 0 spiro atoms. The van der Waals surface area contributed by atoms with Crippen LogP contribution >= 0.6 is 11.8 Å². The van der Waals surface area contributed by atoms with E-state index in [1.165, 1.54) is 16.7 Å². The summed E-state index contributed by atoms with van der Waals surface area (Å²) in [6.45, 7) is 5.59. The maximum absolute atomic E-state index is 12.7. The number of amides is 2. The molecule has 4 aliphatic heterocycles.